The first-order chi connectivity index (χ1) is 12.0. The first-order valence-electron chi connectivity index (χ1n) is 7.91. The third-order valence-corrected chi connectivity index (χ3v) is 8.86. The van der Waals surface area contributed by atoms with Crippen LogP contribution in [0.5, 0.6) is 5.75 Å². The fourth-order valence-electron chi connectivity index (χ4n) is 2.12. The smallest absolute Gasteiger partial charge is 0.469 e. The summed E-state index contributed by atoms with van der Waals surface area (Å²) in [5.74, 6) is -1.20. The van der Waals surface area contributed by atoms with Gasteiger partial charge in [0, 0.05) is 0 Å². The maximum absolute atomic E-state index is 12.6. The van der Waals surface area contributed by atoms with Gasteiger partial charge in [0.25, 0.3) is 0 Å². The lowest BCUT2D eigenvalue weighted by atomic mass is 9.98. The van der Waals surface area contributed by atoms with E-state index in [0.29, 0.717) is 5.56 Å². The molecule has 0 fully saturated rings. The molecule has 0 heterocycles. The van der Waals surface area contributed by atoms with Crippen LogP contribution in [0.3, 0.4) is 0 Å². The van der Waals surface area contributed by atoms with Gasteiger partial charge in [-0.15, -0.1) is 0 Å². The summed E-state index contributed by atoms with van der Waals surface area (Å²) >= 11 is 0. The SMILES string of the molecule is COC(=O)Cc1cc(CC(C)(C)[Si](C)(C)O)cc(OS(=O)(=O)C(F)(F)F)c1. The number of carbonyl (C=O) groups excluding carboxylic acids is 1. The van der Waals surface area contributed by atoms with Crippen LogP contribution >= 0.6 is 0 Å². The van der Waals surface area contributed by atoms with Crippen LogP contribution in [-0.2, 0) is 32.5 Å². The fourth-order valence-corrected chi connectivity index (χ4v) is 3.20. The summed E-state index contributed by atoms with van der Waals surface area (Å²) in [5.41, 5.74) is -4.91. The summed E-state index contributed by atoms with van der Waals surface area (Å²) in [6, 6.07) is 3.75. The molecule has 6 nitrogen and oxygen atoms in total. The van der Waals surface area contributed by atoms with Gasteiger partial charge >= 0.3 is 21.6 Å². The van der Waals surface area contributed by atoms with Gasteiger partial charge in [-0.3, -0.25) is 4.79 Å². The highest BCUT2D eigenvalue weighted by Gasteiger charge is 2.48. The van der Waals surface area contributed by atoms with E-state index in [1.54, 1.807) is 33.0 Å². The second-order valence-electron chi connectivity index (χ2n) is 7.34. The molecule has 0 unspecified atom stereocenters. The molecule has 11 heteroatoms. The molecule has 0 radical (unpaired) electrons. The Morgan fingerprint density at radius 2 is 1.67 bits per heavy atom. The van der Waals surface area contributed by atoms with E-state index < -0.39 is 40.7 Å². The van der Waals surface area contributed by atoms with Crippen LogP contribution in [0.4, 0.5) is 13.2 Å². The Hall–Kier alpha value is -1.59. The van der Waals surface area contributed by atoms with Crippen LogP contribution in [0.15, 0.2) is 18.2 Å². The van der Waals surface area contributed by atoms with E-state index >= 15 is 0 Å². The summed E-state index contributed by atoms with van der Waals surface area (Å²) in [6.45, 7) is 7.05. The summed E-state index contributed by atoms with van der Waals surface area (Å²) in [4.78, 5) is 21.9. The van der Waals surface area contributed by atoms with E-state index in [2.05, 4.69) is 8.92 Å². The molecule has 0 bridgehead atoms. The lowest BCUT2D eigenvalue weighted by molar-refractivity contribution is -0.139. The quantitative estimate of drug-likeness (QED) is 0.311. The Morgan fingerprint density at radius 1 is 1.15 bits per heavy atom. The summed E-state index contributed by atoms with van der Waals surface area (Å²) < 4.78 is 69.1. The van der Waals surface area contributed by atoms with E-state index in [9.17, 15) is 31.2 Å². The van der Waals surface area contributed by atoms with Gasteiger partial charge in [-0.05, 0) is 47.8 Å². The molecule has 0 aliphatic carbocycles. The van der Waals surface area contributed by atoms with E-state index in [0.717, 1.165) is 19.2 Å². The van der Waals surface area contributed by atoms with Gasteiger partial charge in [0.2, 0.25) is 0 Å². The van der Waals surface area contributed by atoms with Crippen molar-refractivity contribution in [1.82, 2.24) is 0 Å². The number of hydrogen-bond acceptors (Lipinski definition) is 6. The first kappa shape index (κ1) is 23.4. The van der Waals surface area contributed by atoms with Crippen molar-refractivity contribution in [1.29, 1.82) is 0 Å². The lowest BCUT2D eigenvalue weighted by Gasteiger charge is -2.35. The minimum atomic E-state index is -5.85. The molecule has 0 aromatic heterocycles. The zero-order valence-electron chi connectivity index (χ0n) is 15.7. The van der Waals surface area contributed by atoms with Crippen LogP contribution in [0.2, 0.25) is 18.1 Å². The monoisotopic (exact) mass is 428 g/mol. The highest BCUT2D eigenvalue weighted by molar-refractivity contribution is 7.88. The third kappa shape index (κ3) is 6.21. The van der Waals surface area contributed by atoms with Crippen molar-refractivity contribution in [2.45, 2.75) is 50.3 Å². The highest BCUT2D eigenvalue weighted by Crippen LogP contribution is 2.39. The van der Waals surface area contributed by atoms with Gasteiger partial charge in [0.1, 0.15) is 5.75 Å². The Labute approximate surface area is 157 Å². The van der Waals surface area contributed by atoms with Crippen LogP contribution < -0.4 is 4.18 Å². The number of benzene rings is 1. The molecule has 27 heavy (non-hydrogen) atoms. The van der Waals surface area contributed by atoms with Gasteiger partial charge in [-0.1, -0.05) is 19.9 Å². The number of methoxy groups -OCH3 is 1. The Morgan fingerprint density at radius 3 is 2.11 bits per heavy atom. The number of hydrogen-bond donors (Lipinski definition) is 1. The van der Waals surface area contributed by atoms with Crippen LogP contribution in [0, 0.1) is 0 Å². The second-order valence-corrected chi connectivity index (χ2v) is 13.4. The van der Waals surface area contributed by atoms with Crippen molar-refractivity contribution < 1.29 is 40.1 Å². The topological polar surface area (TPSA) is 89.9 Å². The average Bonchev–Trinajstić information content (AvgIpc) is 2.43. The van der Waals surface area contributed by atoms with E-state index in [4.69, 9.17) is 0 Å². The highest BCUT2D eigenvalue weighted by atomic mass is 32.2. The third-order valence-electron chi connectivity index (χ3n) is 4.39. The predicted molar refractivity (Wildman–Crippen MR) is 95.2 cm³/mol. The maximum Gasteiger partial charge on any atom is 0.534 e. The molecule has 1 aromatic carbocycles. The van der Waals surface area contributed by atoms with E-state index in [1.807, 2.05) is 0 Å². The van der Waals surface area contributed by atoms with E-state index in [-0.39, 0.29) is 18.4 Å². The number of esters is 1. The molecular weight excluding hydrogens is 405 g/mol. The predicted octanol–water partition coefficient (Wildman–Crippen LogP) is 3.15. The van der Waals surface area contributed by atoms with Crippen molar-refractivity contribution >= 4 is 24.4 Å². The largest absolute Gasteiger partial charge is 0.534 e. The van der Waals surface area contributed by atoms with Gasteiger partial charge in [-0.25, -0.2) is 0 Å². The van der Waals surface area contributed by atoms with Gasteiger partial charge in [0.15, 0.2) is 8.32 Å². The maximum atomic E-state index is 12.6. The van der Waals surface area contributed by atoms with Gasteiger partial charge < -0.3 is 13.7 Å². The van der Waals surface area contributed by atoms with Crippen LogP contribution in [0.1, 0.15) is 25.0 Å². The van der Waals surface area contributed by atoms with Crippen LogP contribution in [0.25, 0.3) is 0 Å². The molecule has 1 rings (SSSR count). The molecule has 0 amide bonds. The molecule has 154 valence electrons. The molecule has 1 aromatic rings. The molecule has 0 saturated heterocycles. The number of carbonyl (C=O) groups is 1. The molecule has 0 aliphatic rings. The number of halogens is 3. The summed E-state index contributed by atoms with van der Waals surface area (Å²) in [5, 5.41) is -0.572. The van der Waals surface area contributed by atoms with E-state index in [1.165, 1.54) is 0 Å². The number of alkyl halides is 3. The first-order valence-corrected chi connectivity index (χ1v) is 12.3. The molecule has 0 atom stereocenters. The molecule has 0 aliphatic heterocycles. The Balaban J connectivity index is 3.35. The zero-order valence-corrected chi connectivity index (χ0v) is 17.5. The summed E-state index contributed by atoms with van der Waals surface area (Å²) in [7, 11) is -7.34. The van der Waals surface area contributed by atoms with Crippen molar-refractivity contribution in [2.24, 2.45) is 0 Å². The minimum Gasteiger partial charge on any atom is -0.469 e. The second kappa shape index (κ2) is 7.80. The number of ether oxygens (including phenoxy) is 1. The molecule has 0 saturated carbocycles. The Bertz CT molecular complexity index is 797. The van der Waals surface area contributed by atoms with Gasteiger partial charge in [-0.2, -0.15) is 21.6 Å². The summed E-state index contributed by atoms with van der Waals surface area (Å²) in [6.07, 6.45) is -0.0205. The van der Waals surface area contributed by atoms with Crippen LogP contribution in [-0.4, -0.2) is 40.1 Å². The lowest BCUT2D eigenvalue weighted by Crippen LogP contribution is -2.40. The average molecular weight is 429 g/mol. The minimum absolute atomic E-state index is 0.236. The fraction of sp³-hybridized carbons (Fsp3) is 0.562. The van der Waals surface area contributed by atoms with Gasteiger partial charge in [0.05, 0.1) is 13.5 Å². The van der Waals surface area contributed by atoms with Crippen molar-refractivity contribution in [3.05, 3.63) is 29.3 Å². The zero-order chi connectivity index (χ0) is 21.3. The number of rotatable bonds is 7. The molecular formula is C16H23F3O6SSi. The Kier molecular flexibility index (Phi) is 6.77. The van der Waals surface area contributed by atoms with Crippen molar-refractivity contribution in [3.63, 3.8) is 0 Å². The molecule has 1 N–H and O–H groups in total. The van der Waals surface area contributed by atoms with Crippen molar-refractivity contribution in [2.75, 3.05) is 7.11 Å². The molecule has 0 spiro atoms. The normalized spacial score (nSPS) is 13.4. The van der Waals surface area contributed by atoms with Crippen molar-refractivity contribution in [3.8, 4) is 5.75 Å². The standard InChI is InChI=1S/C16H23F3O6SSi/c1-15(2,27(4,5)23)10-12-6-11(9-14(20)24-3)7-13(8-12)25-26(21,22)16(17,18)19/h6-8,23H,9-10H2,1-5H3.